The third-order valence-corrected chi connectivity index (χ3v) is 1.43. The minimum Gasteiger partial charge on any atom is -0.481 e. The van der Waals surface area contributed by atoms with Crippen LogP contribution in [0.3, 0.4) is 0 Å². The average Bonchev–Trinajstić information content (AvgIpc) is 2.05. The number of carboxylic acids is 1. The number of carboxylic acid groups (broad SMARTS) is 1. The number of aliphatic carboxylic acids is 1. The first-order valence-corrected chi connectivity index (χ1v) is 4.40. The molecule has 1 N–H and O–H groups in total. The lowest BCUT2D eigenvalue weighted by molar-refractivity contribution is -0.134. The smallest absolute Gasteiger partial charge is 0.300 e. The summed E-state index contributed by atoms with van der Waals surface area (Å²) >= 11 is 0. The van der Waals surface area contributed by atoms with Crippen LogP contribution in [0.5, 0.6) is 0 Å². The van der Waals surface area contributed by atoms with E-state index in [0.717, 1.165) is 18.9 Å². The molecule has 1 aromatic rings. The molecule has 5 heteroatoms. The van der Waals surface area contributed by atoms with Crippen LogP contribution in [0.1, 0.15) is 19.4 Å². The summed E-state index contributed by atoms with van der Waals surface area (Å²) in [5, 5.41) is 7.42. The van der Waals surface area contributed by atoms with E-state index in [4.69, 9.17) is 9.90 Å². The van der Waals surface area contributed by atoms with Gasteiger partial charge in [-0.2, -0.15) is 0 Å². The van der Waals surface area contributed by atoms with Gasteiger partial charge in [-0.25, -0.2) is 9.97 Å². The van der Waals surface area contributed by atoms with Gasteiger partial charge in [0.25, 0.3) is 5.97 Å². The molecule has 13 heavy (non-hydrogen) atoms. The van der Waals surface area contributed by atoms with Crippen molar-refractivity contribution >= 4 is 20.8 Å². The molecule has 0 amide bonds. The number of nitrogens with zero attached hydrogens (tertiary/aromatic N) is 2. The van der Waals surface area contributed by atoms with Crippen LogP contribution in [0, 0.1) is 0 Å². The highest BCUT2D eigenvalue weighted by molar-refractivity contribution is 7.26. The number of carbonyl (C=O) groups is 1. The largest absolute Gasteiger partial charge is 0.481 e. The van der Waals surface area contributed by atoms with Gasteiger partial charge in [-0.15, -0.1) is 0 Å². The van der Waals surface area contributed by atoms with E-state index in [1.807, 2.05) is 12.4 Å². The molecule has 0 radical (unpaired) electrons. The van der Waals surface area contributed by atoms with Crippen molar-refractivity contribution < 1.29 is 9.90 Å². The Kier molecular flexibility index (Phi) is 5.98. The van der Waals surface area contributed by atoms with E-state index in [2.05, 4.69) is 26.1 Å². The van der Waals surface area contributed by atoms with Crippen LogP contribution in [0.25, 0.3) is 0 Å². The van der Waals surface area contributed by atoms with E-state index in [1.54, 1.807) is 0 Å². The molecule has 1 atom stereocenters. The van der Waals surface area contributed by atoms with E-state index in [1.165, 1.54) is 5.56 Å². The lowest BCUT2D eigenvalue weighted by atomic mass is 10.3. The highest BCUT2D eigenvalue weighted by Gasteiger charge is 1.87. The van der Waals surface area contributed by atoms with Gasteiger partial charge in [-0.3, -0.25) is 4.79 Å². The number of aromatic nitrogens is 2. The number of rotatable bonds is 1. The van der Waals surface area contributed by atoms with Crippen LogP contribution in [0.4, 0.5) is 0 Å². The minimum absolute atomic E-state index is 0.757. The van der Waals surface area contributed by atoms with E-state index in [-0.39, 0.29) is 0 Å². The Balaban J connectivity index is 0.000000310. The molecule has 0 fully saturated rings. The SMILES string of the molecule is CC(=O)O.CCc1cnc(P)nc1. The van der Waals surface area contributed by atoms with Crippen LogP contribution in [0.2, 0.25) is 0 Å². The van der Waals surface area contributed by atoms with Gasteiger partial charge in [0.2, 0.25) is 0 Å². The molecule has 0 saturated carbocycles. The Labute approximate surface area is 79.6 Å². The first-order valence-electron chi connectivity index (χ1n) is 3.82. The third kappa shape index (κ3) is 7.34. The summed E-state index contributed by atoms with van der Waals surface area (Å²) < 4.78 is 0. The number of aryl methyl sites for hydroxylation is 1. The van der Waals surface area contributed by atoms with Crippen LogP contribution < -0.4 is 5.57 Å². The van der Waals surface area contributed by atoms with Crippen molar-refractivity contribution in [2.45, 2.75) is 20.3 Å². The molecule has 0 aliphatic rings. The Morgan fingerprint density at radius 3 is 2.23 bits per heavy atom. The molecule has 0 aliphatic heterocycles. The predicted molar refractivity (Wildman–Crippen MR) is 54.1 cm³/mol. The third-order valence-electron chi connectivity index (χ3n) is 1.13. The van der Waals surface area contributed by atoms with Gasteiger partial charge in [-0.05, 0) is 12.0 Å². The summed E-state index contributed by atoms with van der Waals surface area (Å²) in [5.41, 5.74) is 1.94. The Morgan fingerprint density at radius 1 is 1.54 bits per heavy atom. The molecule has 0 aromatic carbocycles. The standard InChI is InChI=1S/C6H9N2P.C2H4O2/c1-2-5-3-7-6(9)8-4-5;1-2(3)4/h3-4H,2,9H2,1H3;1H3,(H,3,4). The highest BCUT2D eigenvalue weighted by Crippen LogP contribution is 1.92. The van der Waals surface area contributed by atoms with Gasteiger partial charge in [0, 0.05) is 19.3 Å². The molecule has 1 unspecified atom stereocenters. The van der Waals surface area contributed by atoms with E-state index in [0.29, 0.717) is 0 Å². The zero-order valence-corrected chi connectivity index (χ0v) is 8.84. The van der Waals surface area contributed by atoms with Gasteiger partial charge in [0.05, 0.1) is 0 Å². The topological polar surface area (TPSA) is 63.1 Å². The van der Waals surface area contributed by atoms with E-state index >= 15 is 0 Å². The van der Waals surface area contributed by atoms with Crippen LogP contribution in [-0.4, -0.2) is 21.0 Å². The highest BCUT2D eigenvalue weighted by atomic mass is 31.0. The summed E-state index contributed by atoms with van der Waals surface area (Å²) in [5.74, 6) is -0.833. The molecule has 1 aromatic heterocycles. The molecule has 1 heterocycles. The van der Waals surface area contributed by atoms with Gasteiger partial charge in [-0.1, -0.05) is 16.2 Å². The first-order chi connectivity index (χ1) is 6.06. The summed E-state index contributed by atoms with van der Waals surface area (Å²) in [6.45, 7) is 3.17. The fourth-order valence-electron chi connectivity index (χ4n) is 0.547. The Hall–Kier alpha value is -1.02. The quantitative estimate of drug-likeness (QED) is 0.675. The van der Waals surface area contributed by atoms with Crippen molar-refractivity contribution in [1.29, 1.82) is 0 Å². The average molecular weight is 200 g/mol. The zero-order valence-electron chi connectivity index (χ0n) is 7.69. The van der Waals surface area contributed by atoms with Crippen LogP contribution in [-0.2, 0) is 11.2 Å². The maximum atomic E-state index is 9.00. The molecule has 4 nitrogen and oxygen atoms in total. The van der Waals surface area contributed by atoms with Crippen molar-refractivity contribution in [2.24, 2.45) is 0 Å². The molecule has 0 aliphatic carbocycles. The van der Waals surface area contributed by atoms with Crippen LogP contribution in [0.15, 0.2) is 12.4 Å². The molecule has 0 saturated heterocycles. The maximum Gasteiger partial charge on any atom is 0.300 e. The van der Waals surface area contributed by atoms with Gasteiger partial charge in [0.1, 0.15) is 5.57 Å². The Bertz CT molecular complexity index is 257. The molecule has 1 rings (SSSR count). The molecule has 72 valence electrons. The van der Waals surface area contributed by atoms with Gasteiger partial charge < -0.3 is 5.11 Å². The maximum absolute atomic E-state index is 9.00. The second-order valence-electron chi connectivity index (χ2n) is 2.32. The lowest BCUT2D eigenvalue weighted by Crippen LogP contribution is -2.02. The predicted octanol–water partition coefficient (Wildman–Crippen LogP) is 0.630. The normalized spacial score (nSPS) is 8.54. The zero-order chi connectivity index (χ0) is 10.3. The lowest BCUT2D eigenvalue weighted by Gasteiger charge is -1.92. The first kappa shape index (κ1) is 12.0. The fourth-order valence-corrected chi connectivity index (χ4v) is 0.696. The molecular weight excluding hydrogens is 187 g/mol. The van der Waals surface area contributed by atoms with Gasteiger partial charge in [0.15, 0.2) is 0 Å². The van der Waals surface area contributed by atoms with Crippen molar-refractivity contribution in [3.8, 4) is 0 Å². The van der Waals surface area contributed by atoms with Crippen LogP contribution >= 0.6 is 9.24 Å². The van der Waals surface area contributed by atoms with E-state index in [9.17, 15) is 0 Å². The minimum atomic E-state index is -0.833. The Morgan fingerprint density at radius 2 is 1.92 bits per heavy atom. The monoisotopic (exact) mass is 200 g/mol. The van der Waals surface area contributed by atoms with Crippen molar-refractivity contribution in [1.82, 2.24) is 9.97 Å². The second kappa shape index (κ2) is 6.49. The summed E-state index contributed by atoms with van der Waals surface area (Å²) in [4.78, 5) is 17.0. The summed E-state index contributed by atoms with van der Waals surface area (Å²) in [6, 6.07) is 0. The summed E-state index contributed by atoms with van der Waals surface area (Å²) in [6.07, 6.45) is 4.69. The molecule has 0 spiro atoms. The number of hydrogen-bond acceptors (Lipinski definition) is 3. The van der Waals surface area contributed by atoms with E-state index < -0.39 is 5.97 Å². The number of hydrogen-bond donors (Lipinski definition) is 1. The van der Waals surface area contributed by atoms with Crippen molar-refractivity contribution in [2.75, 3.05) is 0 Å². The summed E-state index contributed by atoms with van der Waals surface area (Å²) in [7, 11) is 2.45. The van der Waals surface area contributed by atoms with Crippen molar-refractivity contribution in [3.05, 3.63) is 18.0 Å². The molecular formula is C8H13N2O2P. The van der Waals surface area contributed by atoms with Crippen molar-refractivity contribution in [3.63, 3.8) is 0 Å². The van der Waals surface area contributed by atoms with Gasteiger partial charge >= 0.3 is 0 Å². The molecule has 0 bridgehead atoms. The fraction of sp³-hybridized carbons (Fsp3) is 0.375. The second-order valence-corrected chi connectivity index (χ2v) is 2.84.